The Morgan fingerprint density at radius 3 is 2.24 bits per heavy atom. The normalized spacial score (nSPS) is 11.2. The second-order valence-electron chi connectivity index (χ2n) is 6.39. The lowest BCUT2D eigenvalue weighted by molar-refractivity contribution is -0.123. The lowest BCUT2D eigenvalue weighted by atomic mass is 9.97. The molecule has 29 heavy (non-hydrogen) atoms. The van der Waals surface area contributed by atoms with Gasteiger partial charge in [0.05, 0.1) is 11.2 Å². The van der Waals surface area contributed by atoms with Crippen molar-refractivity contribution in [2.75, 3.05) is 6.61 Å². The van der Waals surface area contributed by atoms with Crippen molar-refractivity contribution in [2.24, 2.45) is 5.10 Å². The van der Waals surface area contributed by atoms with Gasteiger partial charge < -0.3 is 4.74 Å². The topological polar surface area (TPSA) is 50.7 Å². The first kappa shape index (κ1) is 19.2. The van der Waals surface area contributed by atoms with Gasteiger partial charge >= 0.3 is 0 Å². The van der Waals surface area contributed by atoms with Gasteiger partial charge in [-0.2, -0.15) is 5.10 Å². The summed E-state index contributed by atoms with van der Waals surface area (Å²) >= 11 is 11.9. The van der Waals surface area contributed by atoms with E-state index in [-0.39, 0.29) is 6.61 Å². The van der Waals surface area contributed by atoms with Gasteiger partial charge in [-0.1, -0.05) is 71.7 Å². The summed E-state index contributed by atoms with van der Waals surface area (Å²) in [6.45, 7) is -0.213. The number of fused-ring (bicyclic) bond motifs is 2. The van der Waals surface area contributed by atoms with Gasteiger partial charge in [-0.15, -0.1) is 0 Å². The zero-order valence-corrected chi connectivity index (χ0v) is 16.7. The number of halogens is 2. The van der Waals surface area contributed by atoms with Gasteiger partial charge in [0.15, 0.2) is 6.61 Å². The van der Waals surface area contributed by atoms with Gasteiger partial charge in [0.25, 0.3) is 5.91 Å². The van der Waals surface area contributed by atoms with Gasteiger partial charge in [-0.25, -0.2) is 5.43 Å². The van der Waals surface area contributed by atoms with Gasteiger partial charge in [0.2, 0.25) is 0 Å². The van der Waals surface area contributed by atoms with Crippen LogP contribution in [-0.2, 0) is 4.79 Å². The van der Waals surface area contributed by atoms with Crippen molar-refractivity contribution < 1.29 is 9.53 Å². The molecule has 144 valence electrons. The third-order valence-electron chi connectivity index (χ3n) is 4.45. The highest BCUT2D eigenvalue weighted by Gasteiger charge is 2.07. The highest BCUT2D eigenvalue weighted by Crippen LogP contribution is 2.28. The van der Waals surface area contributed by atoms with E-state index in [0.717, 1.165) is 27.1 Å². The fourth-order valence-electron chi connectivity index (χ4n) is 3.12. The monoisotopic (exact) mass is 422 g/mol. The summed E-state index contributed by atoms with van der Waals surface area (Å²) in [6, 6.07) is 23.1. The third kappa shape index (κ3) is 4.34. The number of ether oxygens (including phenoxy) is 1. The second kappa shape index (κ2) is 8.52. The molecule has 0 aliphatic rings. The van der Waals surface area contributed by atoms with Crippen LogP contribution in [0.15, 0.2) is 77.9 Å². The Morgan fingerprint density at radius 2 is 1.59 bits per heavy atom. The Bertz CT molecular complexity index is 1180. The Morgan fingerprint density at radius 1 is 0.931 bits per heavy atom. The maximum atomic E-state index is 12.1. The molecule has 4 aromatic carbocycles. The standard InChI is InChI=1S/C23H16Cl2N2O2/c24-17-9-10-22(21(25)12-17)29-14-23(28)27-26-13-20-18-7-3-1-5-15(18)11-16-6-2-4-8-19(16)20/h1-13H,14H2,(H,27,28)/b26-13-. The summed E-state index contributed by atoms with van der Waals surface area (Å²) < 4.78 is 5.42. The van der Waals surface area contributed by atoms with Crippen molar-refractivity contribution in [3.8, 4) is 5.75 Å². The molecule has 0 fully saturated rings. The quantitative estimate of drug-likeness (QED) is 0.250. The number of carbonyl (C=O) groups excluding carboxylic acids is 1. The maximum absolute atomic E-state index is 12.1. The minimum Gasteiger partial charge on any atom is -0.482 e. The number of hydrogen-bond donors (Lipinski definition) is 1. The van der Waals surface area contributed by atoms with Crippen molar-refractivity contribution in [3.05, 3.63) is 88.4 Å². The first-order chi connectivity index (χ1) is 14.1. The summed E-state index contributed by atoms with van der Waals surface area (Å²) in [5, 5.41) is 9.32. The minimum atomic E-state index is -0.392. The molecule has 0 aromatic heterocycles. The van der Waals surface area contributed by atoms with Crippen molar-refractivity contribution in [3.63, 3.8) is 0 Å². The van der Waals surface area contributed by atoms with Crippen LogP contribution in [0, 0.1) is 0 Å². The number of amides is 1. The van der Waals surface area contributed by atoms with E-state index in [1.165, 1.54) is 0 Å². The van der Waals surface area contributed by atoms with E-state index in [1.54, 1.807) is 24.4 Å². The lowest BCUT2D eigenvalue weighted by Gasteiger charge is -2.08. The largest absolute Gasteiger partial charge is 0.482 e. The second-order valence-corrected chi connectivity index (χ2v) is 7.23. The van der Waals surface area contributed by atoms with Crippen molar-refractivity contribution >= 4 is 56.9 Å². The maximum Gasteiger partial charge on any atom is 0.277 e. The van der Waals surface area contributed by atoms with Gasteiger partial charge in [0.1, 0.15) is 5.75 Å². The van der Waals surface area contributed by atoms with Crippen LogP contribution in [0.5, 0.6) is 5.75 Å². The van der Waals surface area contributed by atoms with E-state index in [9.17, 15) is 4.79 Å². The van der Waals surface area contributed by atoms with Crippen LogP contribution in [0.4, 0.5) is 0 Å². The molecule has 1 amide bonds. The van der Waals surface area contributed by atoms with E-state index < -0.39 is 5.91 Å². The van der Waals surface area contributed by atoms with Gasteiger partial charge in [0, 0.05) is 10.6 Å². The fraction of sp³-hybridized carbons (Fsp3) is 0.0435. The molecule has 0 radical (unpaired) electrons. The smallest absolute Gasteiger partial charge is 0.277 e. The van der Waals surface area contributed by atoms with Crippen LogP contribution in [0.1, 0.15) is 5.56 Å². The van der Waals surface area contributed by atoms with Crippen LogP contribution in [0.3, 0.4) is 0 Å². The molecule has 4 nitrogen and oxygen atoms in total. The van der Waals surface area contributed by atoms with Crippen LogP contribution in [0.2, 0.25) is 10.0 Å². The number of rotatable bonds is 5. The number of hydrogen-bond acceptors (Lipinski definition) is 3. The molecule has 0 saturated carbocycles. The number of nitrogens with one attached hydrogen (secondary N) is 1. The van der Waals surface area contributed by atoms with Gasteiger partial charge in [-0.05, 0) is 45.8 Å². The summed E-state index contributed by atoms with van der Waals surface area (Å²) in [5.41, 5.74) is 3.44. The zero-order valence-electron chi connectivity index (χ0n) is 15.2. The Balaban J connectivity index is 1.51. The highest BCUT2D eigenvalue weighted by molar-refractivity contribution is 6.35. The van der Waals surface area contributed by atoms with E-state index in [2.05, 4.69) is 28.7 Å². The Hall–Kier alpha value is -3.08. The molecule has 0 unspecified atom stereocenters. The molecule has 0 aliphatic heterocycles. The Kier molecular flexibility index (Phi) is 5.65. The molecule has 0 heterocycles. The van der Waals surface area contributed by atoms with Crippen LogP contribution >= 0.6 is 23.2 Å². The molecule has 0 aliphatic carbocycles. The fourth-order valence-corrected chi connectivity index (χ4v) is 3.59. The average molecular weight is 423 g/mol. The van der Waals surface area contributed by atoms with Crippen molar-refractivity contribution in [1.82, 2.24) is 5.43 Å². The third-order valence-corrected chi connectivity index (χ3v) is 4.98. The molecule has 0 saturated heterocycles. The minimum absolute atomic E-state index is 0.213. The molecular weight excluding hydrogens is 407 g/mol. The molecule has 0 spiro atoms. The molecule has 0 bridgehead atoms. The summed E-state index contributed by atoms with van der Waals surface area (Å²) in [4.78, 5) is 12.1. The predicted molar refractivity (Wildman–Crippen MR) is 119 cm³/mol. The van der Waals surface area contributed by atoms with Crippen LogP contribution in [-0.4, -0.2) is 18.7 Å². The summed E-state index contributed by atoms with van der Waals surface area (Å²) in [7, 11) is 0. The first-order valence-electron chi connectivity index (χ1n) is 8.92. The molecule has 1 N–H and O–H groups in total. The SMILES string of the molecule is O=C(COc1ccc(Cl)cc1Cl)N/N=C\c1c2ccccc2cc2ccccc12. The Labute approximate surface area is 177 Å². The molecule has 4 aromatic rings. The van der Waals surface area contributed by atoms with E-state index >= 15 is 0 Å². The first-order valence-corrected chi connectivity index (χ1v) is 9.67. The molecule has 0 atom stereocenters. The number of benzene rings is 4. The van der Waals surface area contributed by atoms with E-state index in [1.807, 2.05) is 36.4 Å². The lowest BCUT2D eigenvalue weighted by Crippen LogP contribution is -2.24. The van der Waals surface area contributed by atoms with Crippen LogP contribution in [0.25, 0.3) is 21.5 Å². The summed E-state index contributed by atoms with van der Waals surface area (Å²) in [5.74, 6) is -0.00736. The predicted octanol–water partition coefficient (Wildman–Crippen LogP) is 5.83. The number of carbonyl (C=O) groups is 1. The zero-order chi connectivity index (χ0) is 20.2. The van der Waals surface area contributed by atoms with Crippen molar-refractivity contribution in [1.29, 1.82) is 0 Å². The number of hydrazone groups is 1. The van der Waals surface area contributed by atoms with Gasteiger partial charge in [-0.3, -0.25) is 4.79 Å². The molecule has 6 heteroatoms. The summed E-state index contributed by atoms with van der Waals surface area (Å²) in [6.07, 6.45) is 1.66. The average Bonchev–Trinajstić information content (AvgIpc) is 2.72. The molecule has 4 rings (SSSR count). The van der Waals surface area contributed by atoms with Crippen molar-refractivity contribution in [2.45, 2.75) is 0 Å². The van der Waals surface area contributed by atoms with Crippen LogP contribution < -0.4 is 10.2 Å². The van der Waals surface area contributed by atoms with E-state index in [4.69, 9.17) is 27.9 Å². The van der Waals surface area contributed by atoms with E-state index in [0.29, 0.717) is 15.8 Å². The molecular formula is C23H16Cl2N2O2. The number of nitrogens with zero attached hydrogens (tertiary/aromatic N) is 1. The highest BCUT2D eigenvalue weighted by atomic mass is 35.5.